The first kappa shape index (κ1) is 14.5. The normalized spacial score (nSPS) is 22.9. The molecular weight excluding hydrogens is 288 g/mol. The van der Waals surface area contributed by atoms with Gasteiger partial charge in [0.05, 0.1) is 12.6 Å². The van der Waals surface area contributed by atoms with Gasteiger partial charge in [-0.15, -0.1) is 0 Å². The lowest BCUT2D eigenvalue weighted by Gasteiger charge is -2.26. The van der Waals surface area contributed by atoms with E-state index in [9.17, 15) is 4.79 Å². The highest BCUT2D eigenvalue weighted by molar-refractivity contribution is 5.94. The van der Waals surface area contributed by atoms with Crippen molar-refractivity contribution in [2.24, 2.45) is 0 Å². The van der Waals surface area contributed by atoms with Gasteiger partial charge in [0.2, 0.25) is 0 Å². The zero-order valence-electron chi connectivity index (χ0n) is 13.3. The number of carbonyl (C=O) groups excluding carboxylic acids is 1. The maximum Gasteiger partial charge on any atom is 0.251 e. The molecule has 4 rings (SSSR count). The molecule has 0 saturated carbocycles. The monoisotopic (exact) mass is 310 g/mol. The van der Waals surface area contributed by atoms with E-state index in [0.29, 0.717) is 6.61 Å². The highest BCUT2D eigenvalue weighted by Gasteiger charge is 2.20. The third kappa shape index (κ3) is 3.04. The van der Waals surface area contributed by atoms with E-state index in [1.54, 1.807) is 0 Å². The van der Waals surface area contributed by atoms with Gasteiger partial charge in [-0.25, -0.2) is 0 Å². The number of ether oxygens (including phenoxy) is 1. The molecular formula is C19H22N2O2. The summed E-state index contributed by atoms with van der Waals surface area (Å²) in [4.78, 5) is 14.8. The Bertz CT molecular complexity index is 672. The lowest BCUT2D eigenvalue weighted by atomic mass is 9.99. The van der Waals surface area contributed by atoms with Crippen LogP contribution < -0.4 is 5.32 Å². The van der Waals surface area contributed by atoms with E-state index in [-0.39, 0.29) is 11.9 Å². The van der Waals surface area contributed by atoms with Crippen LogP contribution in [0.15, 0.2) is 42.1 Å². The van der Waals surface area contributed by atoms with Gasteiger partial charge >= 0.3 is 0 Å². The Kier molecular flexibility index (Phi) is 3.92. The summed E-state index contributed by atoms with van der Waals surface area (Å²) < 4.78 is 5.32. The number of amides is 1. The molecule has 1 amide bonds. The summed E-state index contributed by atoms with van der Waals surface area (Å²) in [6, 6.07) is 6.33. The molecule has 1 aromatic carbocycles. The number of hydrogen-bond donors (Lipinski definition) is 1. The lowest BCUT2D eigenvalue weighted by Crippen LogP contribution is -2.35. The molecule has 1 unspecified atom stereocenters. The van der Waals surface area contributed by atoms with Crippen LogP contribution in [0.2, 0.25) is 0 Å². The van der Waals surface area contributed by atoms with Crippen molar-refractivity contribution in [2.75, 3.05) is 26.3 Å². The van der Waals surface area contributed by atoms with Crippen LogP contribution >= 0.6 is 0 Å². The summed E-state index contributed by atoms with van der Waals surface area (Å²) in [6.45, 7) is 3.45. The Labute approximate surface area is 136 Å². The molecule has 1 N–H and O–H groups in total. The molecule has 2 aliphatic heterocycles. The molecule has 1 fully saturated rings. The molecule has 0 bridgehead atoms. The number of carbonyl (C=O) groups is 1. The van der Waals surface area contributed by atoms with Crippen LogP contribution in [0.25, 0.3) is 0 Å². The molecule has 0 radical (unpaired) electrons. The molecule has 1 aromatic rings. The maximum absolute atomic E-state index is 12.4. The van der Waals surface area contributed by atoms with Gasteiger partial charge in [0.25, 0.3) is 5.91 Å². The van der Waals surface area contributed by atoms with E-state index in [4.69, 9.17) is 4.74 Å². The Morgan fingerprint density at radius 3 is 2.74 bits per heavy atom. The number of benzene rings is 1. The van der Waals surface area contributed by atoms with Gasteiger partial charge in [-0.1, -0.05) is 12.1 Å². The van der Waals surface area contributed by atoms with Crippen LogP contribution in [-0.4, -0.2) is 43.2 Å². The van der Waals surface area contributed by atoms with Crippen molar-refractivity contribution in [3.63, 3.8) is 0 Å². The Balaban J connectivity index is 1.45. The standard InChI is InChI=1S/C19H22N2O2/c22-19(20-17-8-11-23-13-17)16-5-4-14-6-9-21(18-2-1-3-18)10-7-15(14)12-16/h1-5,12,17H,6-11,13H2,(H,20,22). The molecule has 1 aliphatic carbocycles. The SMILES string of the molecule is O=C(NC1CCOC1)c1ccc2c(c1)CCN(C1=CC=C1)CC2. The third-order valence-electron chi connectivity index (χ3n) is 4.93. The summed E-state index contributed by atoms with van der Waals surface area (Å²) in [6.07, 6.45) is 9.36. The smallest absolute Gasteiger partial charge is 0.251 e. The van der Waals surface area contributed by atoms with Crippen LogP contribution in [0.1, 0.15) is 27.9 Å². The van der Waals surface area contributed by atoms with E-state index in [2.05, 4.69) is 40.6 Å². The van der Waals surface area contributed by atoms with E-state index >= 15 is 0 Å². The van der Waals surface area contributed by atoms with Gasteiger partial charge < -0.3 is 15.0 Å². The number of fused-ring (bicyclic) bond motifs is 1. The summed E-state index contributed by atoms with van der Waals surface area (Å²) in [5.41, 5.74) is 4.78. The molecule has 3 aliphatic rings. The molecule has 0 aromatic heterocycles. The predicted molar refractivity (Wildman–Crippen MR) is 89.3 cm³/mol. The van der Waals surface area contributed by atoms with Crippen LogP contribution in [0.3, 0.4) is 0 Å². The zero-order chi connectivity index (χ0) is 15.6. The first-order valence-electron chi connectivity index (χ1n) is 8.43. The Morgan fingerprint density at radius 2 is 2.04 bits per heavy atom. The lowest BCUT2D eigenvalue weighted by molar-refractivity contribution is 0.0930. The number of nitrogens with one attached hydrogen (secondary N) is 1. The molecule has 2 heterocycles. The fourth-order valence-electron chi connectivity index (χ4n) is 3.43. The minimum absolute atomic E-state index is 0.0223. The van der Waals surface area contributed by atoms with Gasteiger partial charge in [-0.2, -0.15) is 0 Å². The predicted octanol–water partition coefficient (Wildman–Crippen LogP) is 2.06. The Hall–Kier alpha value is -2.07. The van der Waals surface area contributed by atoms with Crippen LogP contribution in [0.5, 0.6) is 0 Å². The van der Waals surface area contributed by atoms with Crippen molar-refractivity contribution >= 4 is 5.91 Å². The first-order chi connectivity index (χ1) is 11.3. The molecule has 1 atom stereocenters. The van der Waals surface area contributed by atoms with E-state index in [1.807, 2.05) is 6.07 Å². The topological polar surface area (TPSA) is 41.6 Å². The molecule has 120 valence electrons. The fraction of sp³-hybridized carbons (Fsp3) is 0.421. The minimum atomic E-state index is 0.0223. The molecule has 4 nitrogen and oxygen atoms in total. The zero-order valence-corrected chi connectivity index (χ0v) is 13.3. The number of allylic oxidation sites excluding steroid dienone is 3. The maximum atomic E-state index is 12.4. The number of nitrogens with zero attached hydrogens (tertiary/aromatic N) is 1. The van der Waals surface area contributed by atoms with E-state index < -0.39 is 0 Å². The van der Waals surface area contributed by atoms with Crippen molar-refractivity contribution in [2.45, 2.75) is 25.3 Å². The second-order valence-electron chi connectivity index (χ2n) is 6.46. The van der Waals surface area contributed by atoms with Gasteiger partial charge in [0, 0.05) is 31.0 Å². The van der Waals surface area contributed by atoms with Gasteiger partial charge in [-0.3, -0.25) is 4.79 Å². The molecule has 23 heavy (non-hydrogen) atoms. The molecule has 4 heteroatoms. The van der Waals surface area contributed by atoms with Gasteiger partial charge in [0.1, 0.15) is 0 Å². The summed E-state index contributed by atoms with van der Waals surface area (Å²) in [7, 11) is 0. The van der Waals surface area contributed by atoms with Crippen molar-refractivity contribution in [1.29, 1.82) is 0 Å². The third-order valence-corrected chi connectivity index (χ3v) is 4.93. The first-order valence-corrected chi connectivity index (χ1v) is 8.43. The van der Waals surface area contributed by atoms with Crippen LogP contribution in [0, 0.1) is 0 Å². The van der Waals surface area contributed by atoms with Crippen molar-refractivity contribution in [3.8, 4) is 0 Å². The minimum Gasteiger partial charge on any atom is -0.379 e. The summed E-state index contributed by atoms with van der Waals surface area (Å²) in [5, 5.41) is 3.07. The largest absolute Gasteiger partial charge is 0.379 e. The molecule has 1 saturated heterocycles. The van der Waals surface area contributed by atoms with Crippen molar-refractivity contribution in [3.05, 3.63) is 58.8 Å². The van der Waals surface area contributed by atoms with Gasteiger partial charge in [-0.05, 0) is 54.7 Å². The quantitative estimate of drug-likeness (QED) is 0.929. The highest BCUT2D eigenvalue weighted by Crippen LogP contribution is 2.22. The molecule has 0 spiro atoms. The average molecular weight is 310 g/mol. The van der Waals surface area contributed by atoms with E-state index in [0.717, 1.165) is 44.5 Å². The fourth-order valence-corrected chi connectivity index (χ4v) is 3.43. The highest BCUT2D eigenvalue weighted by atomic mass is 16.5. The summed E-state index contributed by atoms with van der Waals surface area (Å²) in [5.74, 6) is 0.0223. The van der Waals surface area contributed by atoms with Crippen molar-refractivity contribution < 1.29 is 9.53 Å². The van der Waals surface area contributed by atoms with Crippen molar-refractivity contribution in [1.82, 2.24) is 10.2 Å². The number of hydrogen-bond acceptors (Lipinski definition) is 3. The second kappa shape index (κ2) is 6.20. The summed E-state index contributed by atoms with van der Waals surface area (Å²) >= 11 is 0. The van der Waals surface area contributed by atoms with Crippen LogP contribution in [-0.2, 0) is 17.6 Å². The second-order valence-corrected chi connectivity index (χ2v) is 6.46. The number of rotatable bonds is 3. The van der Waals surface area contributed by atoms with Crippen LogP contribution in [0.4, 0.5) is 0 Å². The average Bonchev–Trinajstić information content (AvgIpc) is 2.92. The van der Waals surface area contributed by atoms with Gasteiger partial charge in [0.15, 0.2) is 0 Å². The van der Waals surface area contributed by atoms with E-state index in [1.165, 1.54) is 16.8 Å². The Morgan fingerprint density at radius 1 is 1.22 bits per heavy atom.